The molecule has 3 heterocycles. The summed E-state index contributed by atoms with van der Waals surface area (Å²) in [6.45, 7) is 14.5. The summed E-state index contributed by atoms with van der Waals surface area (Å²) < 4.78 is 12.6. The van der Waals surface area contributed by atoms with E-state index in [1.165, 1.54) is 38.9 Å². The van der Waals surface area contributed by atoms with Gasteiger partial charge in [-0.05, 0) is 17.0 Å². The van der Waals surface area contributed by atoms with Gasteiger partial charge in [0.1, 0.15) is 0 Å². The molecule has 1 aliphatic heterocycles. The summed E-state index contributed by atoms with van der Waals surface area (Å²) in [5.74, 6) is 2.18. The zero-order chi connectivity index (χ0) is 44.9. The molecule has 5 nitrogen and oxygen atoms in total. The molecule has 6 heteroatoms. The molecule has 0 saturated carbocycles. The number of fused-ring (bicyclic) bond motifs is 2. The number of anilines is 2. The maximum absolute atomic E-state index is 6.89. The van der Waals surface area contributed by atoms with Gasteiger partial charge in [-0.15, -0.1) is 0 Å². The molecule has 0 radical (unpaired) electrons. The normalized spacial score (nSPS) is 13.0. The molecule has 0 saturated heterocycles. The first-order chi connectivity index (χ1) is 31.4. The molecule has 10 rings (SSSR count). The average molecular weight is 1030 g/mol. The van der Waals surface area contributed by atoms with Crippen molar-refractivity contribution in [1.82, 2.24) is 14.1 Å². The average Bonchev–Trinajstić information content (AvgIpc) is 3.62. The third kappa shape index (κ3) is 8.24. The standard InChI is InChI=1S/C59H52N4O.Pt/c1-58(2,3)44-31-32-60-56(36-44)61-33-19-28-49-50(41-20-10-7-11-21-41)38-48(39-55(49)61)64-47-27-18-26-46(37-47)62-40-63(54-30-17-16-29-53(54)62)57-51(42-22-12-8-13-23-42)34-45(59(4,5)6)35-52(57)43-24-14-9-15-25-43;/h7-18,20-27,29-32,34-36,38H,19,28,33H2,1-6H3;/q-2;. The predicted octanol–water partition coefficient (Wildman–Crippen LogP) is 15.0. The molecule has 0 bridgehead atoms. The molecule has 7 aromatic carbocycles. The first-order valence-electron chi connectivity index (χ1n) is 22.5. The summed E-state index contributed by atoms with van der Waals surface area (Å²) >= 11 is 2.51. The number of benzene rings is 7. The number of hydrogen-bond donors (Lipinski definition) is 0. The molecular weight excluding hydrogens is 976 g/mol. The van der Waals surface area contributed by atoms with Crippen molar-refractivity contribution in [1.29, 1.82) is 0 Å². The number of rotatable bonds is 8. The quantitative estimate of drug-likeness (QED) is 0.142. The van der Waals surface area contributed by atoms with Crippen LogP contribution in [0.15, 0.2) is 170 Å². The first-order valence-corrected chi connectivity index (χ1v) is 23.6. The van der Waals surface area contributed by atoms with Crippen LogP contribution in [0.25, 0.3) is 55.8 Å². The Kier molecular flexibility index (Phi) is 11.2. The van der Waals surface area contributed by atoms with Crippen LogP contribution >= 0.6 is 0 Å². The van der Waals surface area contributed by atoms with Gasteiger partial charge in [0.25, 0.3) is 0 Å². The maximum atomic E-state index is 6.89. The van der Waals surface area contributed by atoms with Gasteiger partial charge in [-0.25, -0.2) is 0 Å². The molecule has 0 fully saturated rings. The van der Waals surface area contributed by atoms with Crippen molar-refractivity contribution in [2.24, 2.45) is 0 Å². The van der Waals surface area contributed by atoms with Crippen molar-refractivity contribution in [3.63, 3.8) is 0 Å². The second-order valence-electron chi connectivity index (χ2n) is 19.0. The summed E-state index contributed by atoms with van der Waals surface area (Å²) in [5.41, 5.74) is 15.9. The van der Waals surface area contributed by atoms with Gasteiger partial charge in [0, 0.05) is 6.20 Å². The third-order valence-corrected chi connectivity index (χ3v) is 13.5. The van der Waals surface area contributed by atoms with Crippen LogP contribution in [0.3, 0.4) is 0 Å². The second kappa shape index (κ2) is 17.1. The van der Waals surface area contributed by atoms with E-state index >= 15 is 0 Å². The number of ether oxygens (including phenoxy) is 1. The fraction of sp³-hybridized carbons (Fsp3) is 0.186. The van der Waals surface area contributed by atoms with E-state index in [0.29, 0.717) is 11.5 Å². The molecule has 0 atom stereocenters. The Morgan fingerprint density at radius 2 is 1.12 bits per heavy atom. The molecule has 0 N–H and O–H groups in total. The van der Waals surface area contributed by atoms with Crippen LogP contribution in [-0.4, -0.2) is 20.7 Å². The summed E-state index contributed by atoms with van der Waals surface area (Å²) in [6.07, 6.45) is 3.90. The van der Waals surface area contributed by atoms with E-state index in [9.17, 15) is 0 Å². The van der Waals surface area contributed by atoms with Gasteiger partial charge in [-0.1, -0.05) is 26.8 Å². The topological polar surface area (TPSA) is 35.2 Å². The van der Waals surface area contributed by atoms with Crippen LogP contribution in [0.5, 0.6) is 11.5 Å². The Hall–Kier alpha value is -6.55. The molecule has 65 heavy (non-hydrogen) atoms. The van der Waals surface area contributed by atoms with Crippen LogP contribution in [-0.2, 0) is 36.6 Å². The summed E-state index contributed by atoms with van der Waals surface area (Å²) in [4.78, 5) is 7.23. The van der Waals surface area contributed by atoms with Gasteiger partial charge < -0.3 is 0 Å². The van der Waals surface area contributed by atoms with E-state index < -0.39 is 0 Å². The Bertz CT molecular complexity index is 3190. The van der Waals surface area contributed by atoms with Crippen LogP contribution < -0.4 is 9.64 Å². The van der Waals surface area contributed by atoms with Gasteiger partial charge in [0.05, 0.1) is 0 Å². The number of para-hydroxylation sites is 2. The monoisotopic (exact) mass is 1030 g/mol. The fourth-order valence-electron chi connectivity index (χ4n) is 9.06. The van der Waals surface area contributed by atoms with Crippen molar-refractivity contribution >= 4 is 22.5 Å². The molecule has 2 aromatic heterocycles. The SMILES string of the molecule is CC(C)(C)c1ccnc(N2CCCc3c2[c-]c(Oc2[c-]c(-n4[c](=[Pt])n(-c5c(-c6ccccc6)cc(C(C)(C)C)cc5-c5ccccc5)c5ccccc54)ccc2)cc3-c2ccccc2)c1. The minimum atomic E-state index is -0.0726. The number of nitrogens with zero attached hydrogens (tertiary/aromatic N) is 4. The van der Waals surface area contributed by atoms with Crippen molar-refractivity contribution in [3.8, 4) is 56.3 Å². The van der Waals surface area contributed by atoms with Gasteiger partial charge >= 0.3 is 346 Å². The number of hydrogen-bond acceptors (Lipinski definition) is 3. The Balaban J connectivity index is 1.13. The molecule has 0 aliphatic carbocycles. The first kappa shape index (κ1) is 42.4. The molecule has 0 spiro atoms. The number of pyridine rings is 1. The van der Waals surface area contributed by atoms with Crippen LogP contribution in [0.1, 0.15) is 64.7 Å². The van der Waals surface area contributed by atoms with Crippen molar-refractivity contribution in [3.05, 3.63) is 203 Å². The van der Waals surface area contributed by atoms with E-state index in [-0.39, 0.29) is 10.8 Å². The van der Waals surface area contributed by atoms with Crippen molar-refractivity contribution < 1.29 is 24.1 Å². The second-order valence-corrected chi connectivity index (χ2v) is 20.0. The van der Waals surface area contributed by atoms with Crippen molar-refractivity contribution in [2.45, 2.75) is 65.2 Å². The van der Waals surface area contributed by atoms with E-state index in [4.69, 9.17) is 9.72 Å². The summed E-state index contributed by atoms with van der Waals surface area (Å²) in [7, 11) is 0. The zero-order valence-corrected chi connectivity index (χ0v) is 40.1. The third-order valence-electron chi connectivity index (χ3n) is 12.5. The van der Waals surface area contributed by atoms with Gasteiger partial charge in [0.2, 0.25) is 0 Å². The van der Waals surface area contributed by atoms with E-state index in [0.717, 1.165) is 68.2 Å². The molecule has 1 aliphatic rings. The van der Waals surface area contributed by atoms with Gasteiger partial charge in [-0.2, -0.15) is 0 Å². The molecule has 0 unspecified atom stereocenters. The zero-order valence-electron chi connectivity index (χ0n) is 37.8. The van der Waals surface area contributed by atoms with Crippen LogP contribution in [0, 0.1) is 15.9 Å². The Labute approximate surface area is 394 Å². The fourth-order valence-corrected chi connectivity index (χ4v) is 10.1. The van der Waals surface area contributed by atoms with Crippen LogP contribution in [0.4, 0.5) is 11.5 Å². The van der Waals surface area contributed by atoms with Gasteiger partial charge in [-0.3, -0.25) is 0 Å². The van der Waals surface area contributed by atoms with E-state index in [2.05, 4.69) is 245 Å². The molecule has 0 amide bonds. The Morgan fingerprint density at radius 3 is 1.72 bits per heavy atom. The predicted molar refractivity (Wildman–Crippen MR) is 263 cm³/mol. The molecular formula is C59H52N4OPt-2. The minimum absolute atomic E-state index is 0.00550. The van der Waals surface area contributed by atoms with Crippen LogP contribution in [0.2, 0.25) is 0 Å². The van der Waals surface area contributed by atoms with Crippen molar-refractivity contribution in [2.75, 3.05) is 11.4 Å². The van der Waals surface area contributed by atoms with Gasteiger partial charge in [0.15, 0.2) is 0 Å². The molecule has 9 aromatic rings. The summed E-state index contributed by atoms with van der Waals surface area (Å²) in [5, 5.41) is 0. The van der Waals surface area contributed by atoms with E-state index in [1.54, 1.807) is 0 Å². The number of aromatic nitrogens is 3. The van der Waals surface area contributed by atoms with E-state index in [1.807, 2.05) is 12.3 Å². The Morgan fingerprint density at radius 1 is 0.554 bits per heavy atom. The number of imidazole rings is 1. The summed E-state index contributed by atoms with van der Waals surface area (Å²) in [6, 6.07) is 65.8. The molecule has 326 valence electrons.